The van der Waals surface area contributed by atoms with Gasteiger partial charge in [-0.1, -0.05) is 20.8 Å². The third-order valence-electron chi connectivity index (χ3n) is 4.48. The van der Waals surface area contributed by atoms with Crippen LogP contribution in [0.4, 0.5) is 0 Å². The molecular formula is C15H32N2O. The molecule has 0 heterocycles. The fraction of sp³-hybridized carbons (Fsp3) is 1.00. The molecule has 2 N–H and O–H groups in total. The van der Waals surface area contributed by atoms with Crippen LogP contribution in [0.15, 0.2) is 0 Å². The first kappa shape index (κ1) is 15.9. The van der Waals surface area contributed by atoms with E-state index in [0.29, 0.717) is 5.41 Å². The van der Waals surface area contributed by atoms with Gasteiger partial charge in [0.15, 0.2) is 0 Å². The smallest absolute Gasteiger partial charge is 0.0585 e. The number of aliphatic hydroxyl groups excluding tert-OH is 1. The van der Waals surface area contributed by atoms with Crippen LogP contribution in [0.2, 0.25) is 0 Å². The summed E-state index contributed by atoms with van der Waals surface area (Å²) in [6.45, 7) is 9.14. The van der Waals surface area contributed by atoms with E-state index in [0.717, 1.165) is 25.6 Å². The summed E-state index contributed by atoms with van der Waals surface area (Å²) >= 11 is 0. The minimum Gasteiger partial charge on any atom is -0.395 e. The second-order valence-electron chi connectivity index (χ2n) is 6.60. The van der Waals surface area contributed by atoms with E-state index >= 15 is 0 Å². The Bertz CT molecular complexity index is 221. The third kappa shape index (κ3) is 5.25. The van der Waals surface area contributed by atoms with Crippen LogP contribution in [0, 0.1) is 5.41 Å². The normalized spacial score (nSPS) is 22.3. The van der Waals surface area contributed by atoms with E-state index in [-0.39, 0.29) is 12.6 Å². The van der Waals surface area contributed by atoms with Crippen LogP contribution in [0.25, 0.3) is 0 Å². The molecular weight excluding hydrogens is 224 g/mol. The van der Waals surface area contributed by atoms with Crippen LogP contribution in [0.1, 0.15) is 52.9 Å². The van der Waals surface area contributed by atoms with Crippen LogP contribution in [-0.2, 0) is 0 Å². The first-order valence-electron chi connectivity index (χ1n) is 7.53. The first-order valence-corrected chi connectivity index (χ1v) is 7.53. The van der Waals surface area contributed by atoms with Crippen molar-refractivity contribution < 1.29 is 5.11 Å². The minimum absolute atomic E-state index is 0.249. The number of rotatable bonds is 7. The largest absolute Gasteiger partial charge is 0.395 e. The monoisotopic (exact) mass is 256 g/mol. The third-order valence-corrected chi connectivity index (χ3v) is 4.48. The Morgan fingerprint density at radius 1 is 1.33 bits per heavy atom. The van der Waals surface area contributed by atoms with Gasteiger partial charge in [0.1, 0.15) is 0 Å². The van der Waals surface area contributed by atoms with Gasteiger partial charge < -0.3 is 15.3 Å². The SMILES string of the molecule is CCNC(CO)CCN(C)C1CCC(C)(C)CC1. The van der Waals surface area contributed by atoms with E-state index in [1.807, 2.05) is 0 Å². The minimum atomic E-state index is 0.249. The quantitative estimate of drug-likeness (QED) is 0.733. The highest BCUT2D eigenvalue weighted by atomic mass is 16.3. The zero-order valence-electron chi connectivity index (χ0n) is 12.7. The Kier molecular flexibility index (Phi) is 6.61. The average molecular weight is 256 g/mol. The number of hydrogen-bond acceptors (Lipinski definition) is 3. The van der Waals surface area contributed by atoms with Crippen molar-refractivity contribution >= 4 is 0 Å². The second kappa shape index (κ2) is 7.46. The molecule has 0 aromatic rings. The molecule has 18 heavy (non-hydrogen) atoms. The average Bonchev–Trinajstić information content (AvgIpc) is 2.34. The van der Waals surface area contributed by atoms with E-state index in [1.165, 1.54) is 25.7 Å². The van der Waals surface area contributed by atoms with Gasteiger partial charge in [-0.2, -0.15) is 0 Å². The predicted molar refractivity (Wildman–Crippen MR) is 77.8 cm³/mol. The summed E-state index contributed by atoms with van der Waals surface area (Å²) in [6.07, 6.45) is 6.39. The number of aliphatic hydroxyl groups is 1. The van der Waals surface area contributed by atoms with Crippen molar-refractivity contribution in [1.29, 1.82) is 0 Å². The summed E-state index contributed by atoms with van der Waals surface area (Å²) in [5, 5.41) is 12.6. The van der Waals surface area contributed by atoms with Crippen LogP contribution in [-0.4, -0.2) is 48.8 Å². The molecule has 1 unspecified atom stereocenters. The highest BCUT2D eigenvalue weighted by Gasteiger charge is 2.28. The summed E-state index contributed by atoms with van der Waals surface area (Å²) in [7, 11) is 2.24. The van der Waals surface area contributed by atoms with Crippen LogP contribution >= 0.6 is 0 Å². The van der Waals surface area contributed by atoms with Crippen molar-refractivity contribution in [2.24, 2.45) is 5.41 Å². The van der Waals surface area contributed by atoms with Gasteiger partial charge in [0.2, 0.25) is 0 Å². The fourth-order valence-corrected chi connectivity index (χ4v) is 2.91. The molecule has 0 aromatic heterocycles. The summed E-state index contributed by atoms with van der Waals surface area (Å²) in [5.41, 5.74) is 0.550. The lowest BCUT2D eigenvalue weighted by atomic mass is 9.75. The molecule has 1 rings (SSSR count). The van der Waals surface area contributed by atoms with E-state index in [4.69, 9.17) is 0 Å². The molecule has 0 radical (unpaired) electrons. The number of nitrogens with zero attached hydrogens (tertiary/aromatic N) is 1. The molecule has 0 bridgehead atoms. The van der Waals surface area contributed by atoms with Gasteiger partial charge in [-0.05, 0) is 57.7 Å². The first-order chi connectivity index (χ1) is 8.48. The van der Waals surface area contributed by atoms with E-state index < -0.39 is 0 Å². The highest BCUT2D eigenvalue weighted by Crippen LogP contribution is 2.36. The van der Waals surface area contributed by atoms with Gasteiger partial charge in [0, 0.05) is 12.1 Å². The molecule has 3 nitrogen and oxygen atoms in total. The van der Waals surface area contributed by atoms with Gasteiger partial charge in [-0.3, -0.25) is 0 Å². The summed E-state index contributed by atoms with van der Waals surface area (Å²) in [6, 6.07) is 1.01. The van der Waals surface area contributed by atoms with Gasteiger partial charge in [0.25, 0.3) is 0 Å². The van der Waals surface area contributed by atoms with E-state index in [9.17, 15) is 5.11 Å². The van der Waals surface area contributed by atoms with Crippen molar-refractivity contribution in [2.75, 3.05) is 26.7 Å². The van der Waals surface area contributed by atoms with Gasteiger partial charge >= 0.3 is 0 Å². The Labute approximate surface area is 113 Å². The Balaban J connectivity index is 2.26. The molecule has 1 atom stereocenters. The van der Waals surface area contributed by atoms with Crippen LogP contribution in [0.5, 0.6) is 0 Å². The van der Waals surface area contributed by atoms with Crippen LogP contribution < -0.4 is 5.32 Å². The Morgan fingerprint density at radius 2 is 1.94 bits per heavy atom. The summed E-state index contributed by atoms with van der Waals surface area (Å²) in [5.74, 6) is 0. The zero-order valence-corrected chi connectivity index (χ0v) is 12.7. The summed E-state index contributed by atoms with van der Waals surface area (Å²) in [4.78, 5) is 2.50. The lowest BCUT2D eigenvalue weighted by Crippen LogP contribution is -2.41. The van der Waals surface area contributed by atoms with Crippen molar-refractivity contribution in [3.63, 3.8) is 0 Å². The molecule has 3 heteroatoms. The maximum Gasteiger partial charge on any atom is 0.0585 e. The number of hydrogen-bond donors (Lipinski definition) is 2. The lowest BCUT2D eigenvalue weighted by molar-refractivity contribution is 0.120. The standard InChI is InChI=1S/C15H32N2O/c1-5-16-13(12-18)8-11-17(4)14-6-9-15(2,3)10-7-14/h13-14,16,18H,5-12H2,1-4H3. The maximum absolute atomic E-state index is 9.27. The molecule has 1 saturated carbocycles. The molecule has 0 aromatic carbocycles. The Hall–Kier alpha value is -0.120. The van der Waals surface area contributed by atoms with Gasteiger partial charge in [-0.25, -0.2) is 0 Å². The second-order valence-corrected chi connectivity index (χ2v) is 6.60. The fourth-order valence-electron chi connectivity index (χ4n) is 2.91. The molecule has 0 aliphatic heterocycles. The molecule has 1 fully saturated rings. The summed E-state index contributed by atoms with van der Waals surface area (Å²) < 4.78 is 0. The molecule has 0 saturated heterocycles. The lowest BCUT2D eigenvalue weighted by Gasteiger charge is -2.39. The predicted octanol–water partition coefficient (Wildman–Crippen LogP) is 2.25. The molecule has 108 valence electrons. The molecule has 0 spiro atoms. The number of likely N-dealkylation sites (N-methyl/N-ethyl adjacent to an activating group) is 1. The van der Waals surface area contributed by atoms with Crippen molar-refractivity contribution in [2.45, 2.75) is 65.0 Å². The maximum atomic E-state index is 9.27. The Morgan fingerprint density at radius 3 is 2.44 bits per heavy atom. The topological polar surface area (TPSA) is 35.5 Å². The van der Waals surface area contributed by atoms with Gasteiger partial charge in [-0.15, -0.1) is 0 Å². The molecule has 1 aliphatic carbocycles. The van der Waals surface area contributed by atoms with Crippen molar-refractivity contribution in [3.8, 4) is 0 Å². The van der Waals surface area contributed by atoms with E-state index in [2.05, 4.69) is 38.0 Å². The zero-order chi connectivity index (χ0) is 13.6. The van der Waals surface area contributed by atoms with E-state index in [1.54, 1.807) is 0 Å². The van der Waals surface area contributed by atoms with Crippen molar-refractivity contribution in [3.05, 3.63) is 0 Å². The van der Waals surface area contributed by atoms with Crippen molar-refractivity contribution in [1.82, 2.24) is 10.2 Å². The highest BCUT2D eigenvalue weighted by molar-refractivity contribution is 4.83. The number of nitrogens with one attached hydrogen (secondary N) is 1. The molecule has 0 amide bonds. The molecule has 1 aliphatic rings. The van der Waals surface area contributed by atoms with Crippen LogP contribution in [0.3, 0.4) is 0 Å². The van der Waals surface area contributed by atoms with Gasteiger partial charge in [0.05, 0.1) is 6.61 Å².